The third-order valence-electron chi connectivity index (χ3n) is 4.65. The summed E-state index contributed by atoms with van der Waals surface area (Å²) in [4.78, 5) is 14.6. The van der Waals surface area contributed by atoms with Gasteiger partial charge in [-0.1, -0.05) is 20.8 Å². The van der Waals surface area contributed by atoms with Crippen LogP contribution in [0.25, 0.3) is 0 Å². The summed E-state index contributed by atoms with van der Waals surface area (Å²) < 4.78 is 5.72. The van der Waals surface area contributed by atoms with Crippen LogP contribution in [-0.2, 0) is 0 Å². The number of piperidine rings is 1. The lowest BCUT2D eigenvalue weighted by molar-refractivity contribution is 0.0690. The molecule has 1 fully saturated rings. The first-order valence-corrected chi connectivity index (χ1v) is 9.33. The number of halogens is 1. The number of carbonyl (C=O) groups excluding carboxylic acids is 1. The quantitative estimate of drug-likeness (QED) is 0.754. The van der Waals surface area contributed by atoms with Gasteiger partial charge < -0.3 is 15.0 Å². The Hall–Kier alpha value is -1.26. The first-order valence-electron chi connectivity index (χ1n) is 9.33. The van der Waals surface area contributed by atoms with Crippen LogP contribution in [0.3, 0.4) is 0 Å². The molecule has 1 aromatic carbocycles. The third-order valence-corrected chi connectivity index (χ3v) is 4.65. The van der Waals surface area contributed by atoms with E-state index < -0.39 is 0 Å². The van der Waals surface area contributed by atoms with E-state index in [0.717, 1.165) is 63.4 Å². The molecular weight excluding hydrogens is 336 g/mol. The van der Waals surface area contributed by atoms with Crippen LogP contribution in [0, 0.1) is 11.8 Å². The van der Waals surface area contributed by atoms with E-state index >= 15 is 0 Å². The minimum Gasteiger partial charge on any atom is -0.494 e. The second-order valence-corrected chi connectivity index (χ2v) is 7.10. The molecule has 142 valence electrons. The number of amides is 1. The fraction of sp³-hybridized carbons (Fsp3) is 0.650. The molecule has 1 heterocycles. The van der Waals surface area contributed by atoms with E-state index in [2.05, 4.69) is 26.1 Å². The van der Waals surface area contributed by atoms with Crippen LogP contribution in [0.1, 0.15) is 50.4 Å². The zero-order valence-electron chi connectivity index (χ0n) is 15.8. The lowest BCUT2D eigenvalue weighted by atomic mass is 9.96. The summed E-state index contributed by atoms with van der Waals surface area (Å²) >= 11 is 0. The minimum absolute atomic E-state index is 0. The Balaban J connectivity index is 0.00000312. The average Bonchev–Trinajstić information content (AvgIpc) is 2.60. The molecule has 25 heavy (non-hydrogen) atoms. The van der Waals surface area contributed by atoms with E-state index in [1.807, 2.05) is 29.2 Å². The van der Waals surface area contributed by atoms with E-state index in [1.165, 1.54) is 0 Å². The zero-order valence-corrected chi connectivity index (χ0v) is 16.6. The molecule has 0 aliphatic carbocycles. The smallest absolute Gasteiger partial charge is 0.253 e. The van der Waals surface area contributed by atoms with Crippen molar-refractivity contribution in [2.75, 3.05) is 32.8 Å². The van der Waals surface area contributed by atoms with Crippen molar-refractivity contribution in [3.05, 3.63) is 29.8 Å². The van der Waals surface area contributed by atoms with Crippen LogP contribution in [0.5, 0.6) is 5.75 Å². The monoisotopic (exact) mass is 368 g/mol. The van der Waals surface area contributed by atoms with Crippen LogP contribution < -0.4 is 10.1 Å². The maximum absolute atomic E-state index is 12.6. The Morgan fingerprint density at radius 3 is 2.44 bits per heavy atom. The van der Waals surface area contributed by atoms with Crippen LogP contribution >= 0.6 is 12.4 Å². The first-order chi connectivity index (χ1) is 11.6. The molecule has 5 heteroatoms. The van der Waals surface area contributed by atoms with Crippen LogP contribution in [-0.4, -0.2) is 43.6 Å². The van der Waals surface area contributed by atoms with Crippen LogP contribution in [0.4, 0.5) is 0 Å². The number of likely N-dealkylation sites (tertiary alicyclic amines) is 1. The summed E-state index contributed by atoms with van der Waals surface area (Å²) in [5, 5.41) is 3.41. The highest BCUT2D eigenvalue weighted by atomic mass is 35.5. The Kier molecular flexibility index (Phi) is 9.91. The molecule has 1 N–H and O–H groups in total. The normalized spacial score (nSPS) is 15.1. The molecule has 0 radical (unpaired) electrons. The Labute approximate surface area is 158 Å². The number of nitrogens with zero attached hydrogens (tertiary/aromatic N) is 1. The van der Waals surface area contributed by atoms with E-state index in [1.54, 1.807) is 0 Å². The molecule has 1 saturated heterocycles. The molecule has 1 amide bonds. The molecule has 0 unspecified atom stereocenters. The number of hydrogen-bond acceptors (Lipinski definition) is 3. The van der Waals surface area contributed by atoms with Crippen LogP contribution in [0.2, 0.25) is 0 Å². The van der Waals surface area contributed by atoms with Crippen molar-refractivity contribution in [1.29, 1.82) is 0 Å². The number of carbonyl (C=O) groups is 1. The maximum Gasteiger partial charge on any atom is 0.253 e. The Morgan fingerprint density at radius 1 is 1.24 bits per heavy atom. The van der Waals surface area contributed by atoms with Crippen molar-refractivity contribution in [3.63, 3.8) is 0 Å². The van der Waals surface area contributed by atoms with Gasteiger partial charge in [-0.3, -0.25) is 4.79 Å². The summed E-state index contributed by atoms with van der Waals surface area (Å²) in [6.07, 6.45) is 3.23. The molecule has 0 bridgehead atoms. The fourth-order valence-electron chi connectivity index (χ4n) is 2.98. The van der Waals surface area contributed by atoms with Gasteiger partial charge in [0.2, 0.25) is 0 Å². The standard InChI is InChI=1S/C20H32N2O2.ClH/c1-4-21-15-17-9-12-22(13-10-17)20(23)18-5-7-19(8-6-18)24-14-11-16(2)3;/h5-8,16-17,21H,4,9-15H2,1-3H3;1H. The lowest BCUT2D eigenvalue weighted by Gasteiger charge is -2.32. The predicted molar refractivity (Wildman–Crippen MR) is 106 cm³/mol. The molecule has 0 atom stereocenters. The Morgan fingerprint density at radius 2 is 1.88 bits per heavy atom. The molecule has 0 spiro atoms. The number of benzene rings is 1. The number of hydrogen-bond donors (Lipinski definition) is 1. The predicted octanol–water partition coefficient (Wildman–Crippen LogP) is 4.00. The fourth-order valence-corrected chi connectivity index (χ4v) is 2.98. The second-order valence-electron chi connectivity index (χ2n) is 7.10. The van der Waals surface area contributed by atoms with Gasteiger partial charge in [0, 0.05) is 18.7 Å². The molecule has 0 saturated carbocycles. The summed E-state index contributed by atoms with van der Waals surface area (Å²) in [5.41, 5.74) is 0.761. The van der Waals surface area contributed by atoms with Crippen molar-refractivity contribution < 1.29 is 9.53 Å². The van der Waals surface area contributed by atoms with Gasteiger partial charge in [-0.15, -0.1) is 12.4 Å². The van der Waals surface area contributed by atoms with E-state index in [-0.39, 0.29) is 18.3 Å². The summed E-state index contributed by atoms with van der Waals surface area (Å²) in [5.74, 6) is 2.33. The van der Waals surface area contributed by atoms with Crippen molar-refractivity contribution in [2.45, 2.75) is 40.0 Å². The highest BCUT2D eigenvalue weighted by molar-refractivity contribution is 5.94. The van der Waals surface area contributed by atoms with Gasteiger partial charge in [-0.2, -0.15) is 0 Å². The van der Waals surface area contributed by atoms with Crippen molar-refractivity contribution in [1.82, 2.24) is 10.2 Å². The highest BCUT2D eigenvalue weighted by Gasteiger charge is 2.23. The van der Waals surface area contributed by atoms with Gasteiger partial charge in [0.15, 0.2) is 0 Å². The minimum atomic E-state index is 0. The molecule has 1 aliphatic heterocycles. The molecular formula is C20H33ClN2O2. The number of nitrogens with one attached hydrogen (secondary N) is 1. The van der Waals surface area contributed by atoms with Crippen LogP contribution in [0.15, 0.2) is 24.3 Å². The van der Waals surface area contributed by atoms with Gasteiger partial charge in [-0.25, -0.2) is 0 Å². The molecule has 1 aromatic rings. The van der Waals surface area contributed by atoms with Gasteiger partial charge in [0.1, 0.15) is 5.75 Å². The van der Waals surface area contributed by atoms with Gasteiger partial charge in [-0.05, 0) is 68.5 Å². The third kappa shape index (κ3) is 7.25. The highest BCUT2D eigenvalue weighted by Crippen LogP contribution is 2.20. The zero-order chi connectivity index (χ0) is 17.4. The number of rotatable bonds is 8. The van der Waals surface area contributed by atoms with Gasteiger partial charge in [0.25, 0.3) is 5.91 Å². The van der Waals surface area contributed by atoms with Gasteiger partial charge in [0.05, 0.1) is 6.61 Å². The second kappa shape index (κ2) is 11.4. The summed E-state index contributed by atoms with van der Waals surface area (Å²) in [6, 6.07) is 7.59. The molecule has 0 aromatic heterocycles. The summed E-state index contributed by atoms with van der Waals surface area (Å²) in [6.45, 7) is 11.0. The largest absolute Gasteiger partial charge is 0.494 e. The SMILES string of the molecule is CCNCC1CCN(C(=O)c2ccc(OCCC(C)C)cc2)CC1.Cl. The van der Waals surface area contributed by atoms with Gasteiger partial charge >= 0.3 is 0 Å². The molecule has 4 nitrogen and oxygen atoms in total. The van der Waals surface area contributed by atoms with Crippen molar-refractivity contribution >= 4 is 18.3 Å². The Bertz CT molecular complexity index is 497. The first kappa shape index (κ1) is 21.8. The molecule has 2 rings (SSSR count). The van der Waals surface area contributed by atoms with Crippen molar-refractivity contribution in [2.24, 2.45) is 11.8 Å². The lowest BCUT2D eigenvalue weighted by Crippen LogP contribution is -2.40. The van der Waals surface area contributed by atoms with Crippen molar-refractivity contribution in [3.8, 4) is 5.75 Å². The van der Waals surface area contributed by atoms with E-state index in [0.29, 0.717) is 11.8 Å². The van der Waals surface area contributed by atoms with E-state index in [9.17, 15) is 4.79 Å². The van der Waals surface area contributed by atoms with E-state index in [4.69, 9.17) is 4.74 Å². The maximum atomic E-state index is 12.6. The molecule has 1 aliphatic rings. The topological polar surface area (TPSA) is 41.6 Å². The number of ether oxygens (including phenoxy) is 1. The average molecular weight is 369 g/mol. The summed E-state index contributed by atoms with van der Waals surface area (Å²) in [7, 11) is 0.